The summed E-state index contributed by atoms with van der Waals surface area (Å²) in [4.78, 5) is 24.2. The van der Waals surface area contributed by atoms with Crippen molar-refractivity contribution < 1.29 is 14.3 Å². The van der Waals surface area contributed by atoms with Gasteiger partial charge in [0.25, 0.3) is 0 Å². The maximum atomic E-state index is 12.2. The molecular formula is C18H27NO3S. The number of benzene rings is 1. The minimum atomic E-state index is -0.365. The van der Waals surface area contributed by atoms with E-state index in [4.69, 9.17) is 4.74 Å². The Morgan fingerprint density at radius 2 is 1.78 bits per heavy atom. The molecule has 0 aliphatic rings. The third-order valence-corrected chi connectivity index (χ3v) is 4.18. The Labute approximate surface area is 143 Å². The summed E-state index contributed by atoms with van der Waals surface area (Å²) in [5.41, 5.74) is 0.905. The second-order valence-corrected chi connectivity index (χ2v) is 8.48. The monoisotopic (exact) mass is 337 g/mol. The number of amides is 1. The van der Waals surface area contributed by atoms with E-state index in [1.807, 2.05) is 44.2 Å². The highest BCUT2D eigenvalue weighted by atomic mass is 32.2. The highest BCUT2D eigenvalue weighted by Crippen LogP contribution is 2.23. The second-order valence-electron chi connectivity index (χ2n) is 6.67. The van der Waals surface area contributed by atoms with E-state index in [1.54, 1.807) is 11.8 Å². The van der Waals surface area contributed by atoms with E-state index in [-0.39, 0.29) is 35.2 Å². The lowest BCUT2D eigenvalue weighted by atomic mass is 10.0. The largest absolute Gasteiger partial charge is 0.463 e. The minimum Gasteiger partial charge on any atom is -0.463 e. The van der Waals surface area contributed by atoms with Crippen molar-refractivity contribution in [2.45, 2.75) is 57.9 Å². The van der Waals surface area contributed by atoms with Gasteiger partial charge in [0.05, 0.1) is 24.3 Å². The predicted octanol–water partition coefficient (Wildman–Crippen LogP) is 3.72. The van der Waals surface area contributed by atoms with Crippen molar-refractivity contribution in [1.29, 1.82) is 0 Å². The molecule has 1 atom stereocenters. The molecule has 23 heavy (non-hydrogen) atoms. The first-order valence-electron chi connectivity index (χ1n) is 7.85. The molecule has 1 N–H and O–H groups in total. The topological polar surface area (TPSA) is 55.4 Å². The Hall–Kier alpha value is -1.49. The molecule has 0 aromatic heterocycles. The zero-order valence-electron chi connectivity index (χ0n) is 14.6. The maximum absolute atomic E-state index is 12.2. The van der Waals surface area contributed by atoms with Crippen LogP contribution < -0.4 is 5.32 Å². The number of esters is 1. The van der Waals surface area contributed by atoms with Crippen LogP contribution >= 0.6 is 11.8 Å². The van der Waals surface area contributed by atoms with Crippen LogP contribution in [0.25, 0.3) is 0 Å². The highest BCUT2D eigenvalue weighted by Gasteiger charge is 2.21. The van der Waals surface area contributed by atoms with Gasteiger partial charge in [0.15, 0.2) is 0 Å². The Morgan fingerprint density at radius 1 is 1.17 bits per heavy atom. The standard InChI is InChI=1S/C18H27NO3S/c1-13(2)22-17(21)11-15(14-9-7-6-8-10-14)19-16(20)12-23-18(3,4)5/h6-10,13,15H,11-12H2,1-5H3,(H,19,20). The molecule has 1 amide bonds. The molecule has 0 fully saturated rings. The summed E-state index contributed by atoms with van der Waals surface area (Å²) in [5.74, 6) is -0.0137. The molecule has 0 saturated carbocycles. The van der Waals surface area contributed by atoms with Gasteiger partial charge in [-0.2, -0.15) is 0 Å². The Balaban J connectivity index is 2.72. The summed E-state index contributed by atoms with van der Waals surface area (Å²) in [6, 6.07) is 9.15. The van der Waals surface area contributed by atoms with E-state index in [0.717, 1.165) is 5.56 Å². The third kappa shape index (κ3) is 8.65. The van der Waals surface area contributed by atoms with E-state index in [0.29, 0.717) is 5.75 Å². The van der Waals surface area contributed by atoms with Gasteiger partial charge in [-0.25, -0.2) is 0 Å². The smallest absolute Gasteiger partial charge is 0.308 e. The molecule has 1 aromatic carbocycles. The van der Waals surface area contributed by atoms with Crippen LogP contribution in [0.4, 0.5) is 0 Å². The molecule has 0 saturated heterocycles. The number of carbonyl (C=O) groups excluding carboxylic acids is 2. The maximum Gasteiger partial charge on any atom is 0.308 e. The molecule has 0 aliphatic heterocycles. The van der Waals surface area contributed by atoms with Gasteiger partial charge in [0, 0.05) is 4.75 Å². The van der Waals surface area contributed by atoms with Crippen LogP contribution in [0.15, 0.2) is 30.3 Å². The zero-order valence-corrected chi connectivity index (χ0v) is 15.4. The van der Waals surface area contributed by atoms with E-state index in [1.165, 1.54) is 0 Å². The molecule has 0 bridgehead atoms. The van der Waals surface area contributed by atoms with Gasteiger partial charge in [-0.3, -0.25) is 9.59 Å². The first-order chi connectivity index (χ1) is 10.7. The van der Waals surface area contributed by atoms with Gasteiger partial charge in [0.1, 0.15) is 0 Å². The molecule has 1 rings (SSSR count). The average Bonchev–Trinajstić information content (AvgIpc) is 2.44. The molecule has 4 nitrogen and oxygen atoms in total. The third-order valence-electron chi connectivity index (χ3n) is 2.91. The molecule has 0 spiro atoms. The van der Waals surface area contributed by atoms with Gasteiger partial charge < -0.3 is 10.1 Å². The van der Waals surface area contributed by atoms with Crippen molar-refractivity contribution in [3.8, 4) is 0 Å². The van der Waals surface area contributed by atoms with Gasteiger partial charge in [-0.15, -0.1) is 11.8 Å². The summed E-state index contributed by atoms with van der Waals surface area (Å²) in [5, 5.41) is 2.95. The Kier molecular flexibility index (Phi) is 7.62. The van der Waals surface area contributed by atoms with Crippen LogP contribution in [-0.4, -0.2) is 28.5 Å². The van der Waals surface area contributed by atoms with Crippen molar-refractivity contribution in [3.05, 3.63) is 35.9 Å². The number of nitrogens with one attached hydrogen (secondary N) is 1. The van der Waals surface area contributed by atoms with Crippen LogP contribution in [0, 0.1) is 0 Å². The number of hydrogen-bond acceptors (Lipinski definition) is 4. The first kappa shape index (κ1) is 19.6. The highest BCUT2D eigenvalue weighted by molar-refractivity contribution is 8.01. The van der Waals surface area contributed by atoms with Crippen LogP contribution in [0.3, 0.4) is 0 Å². The van der Waals surface area contributed by atoms with Crippen molar-refractivity contribution in [3.63, 3.8) is 0 Å². The van der Waals surface area contributed by atoms with Crippen LogP contribution in [0.2, 0.25) is 0 Å². The summed E-state index contributed by atoms with van der Waals surface area (Å²) < 4.78 is 5.23. The molecular weight excluding hydrogens is 310 g/mol. The fourth-order valence-electron chi connectivity index (χ4n) is 1.93. The second kappa shape index (κ2) is 8.96. The lowest BCUT2D eigenvalue weighted by molar-refractivity contribution is -0.148. The van der Waals surface area contributed by atoms with Crippen LogP contribution in [0.5, 0.6) is 0 Å². The average molecular weight is 337 g/mol. The summed E-state index contributed by atoms with van der Waals surface area (Å²) in [7, 11) is 0. The lowest BCUT2D eigenvalue weighted by Crippen LogP contribution is -2.33. The molecule has 5 heteroatoms. The quantitative estimate of drug-likeness (QED) is 0.771. The van der Waals surface area contributed by atoms with E-state index in [2.05, 4.69) is 26.1 Å². The van der Waals surface area contributed by atoms with Crippen molar-refractivity contribution in [2.24, 2.45) is 0 Å². The summed E-state index contributed by atoms with van der Waals surface area (Å²) in [6.45, 7) is 9.83. The number of carbonyl (C=O) groups is 2. The van der Waals surface area contributed by atoms with Gasteiger partial charge >= 0.3 is 5.97 Å². The molecule has 1 unspecified atom stereocenters. The SMILES string of the molecule is CC(C)OC(=O)CC(NC(=O)CSC(C)(C)C)c1ccccc1. The van der Waals surface area contributed by atoms with Gasteiger partial charge in [-0.1, -0.05) is 51.1 Å². The summed E-state index contributed by atoms with van der Waals surface area (Å²) >= 11 is 1.58. The normalized spacial score (nSPS) is 12.8. The van der Waals surface area contributed by atoms with Crippen LogP contribution in [-0.2, 0) is 14.3 Å². The van der Waals surface area contributed by atoms with E-state index < -0.39 is 0 Å². The molecule has 0 radical (unpaired) electrons. The summed E-state index contributed by atoms with van der Waals surface area (Å²) in [6.07, 6.45) is -0.0280. The Bertz CT molecular complexity index is 509. The predicted molar refractivity (Wildman–Crippen MR) is 95.4 cm³/mol. The Morgan fingerprint density at radius 3 is 2.30 bits per heavy atom. The van der Waals surface area contributed by atoms with Crippen molar-refractivity contribution in [2.75, 3.05) is 5.75 Å². The van der Waals surface area contributed by atoms with Crippen molar-refractivity contribution in [1.82, 2.24) is 5.32 Å². The van der Waals surface area contributed by atoms with E-state index in [9.17, 15) is 9.59 Å². The number of rotatable bonds is 7. The first-order valence-corrected chi connectivity index (χ1v) is 8.83. The molecule has 0 heterocycles. The van der Waals surface area contributed by atoms with Gasteiger partial charge in [-0.05, 0) is 19.4 Å². The number of hydrogen-bond donors (Lipinski definition) is 1. The van der Waals surface area contributed by atoms with Crippen molar-refractivity contribution >= 4 is 23.6 Å². The fraction of sp³-hybridized carbons (Fsp3) is 0.556. The lowest BCUT2D eigenvalue weighted by Gasteiger charge is -2.21. The van der Waals surface area contributed by atoms with Crippen LogP contribution in [0.1, 0.15) is 52.6 Å². The molecule has 0 aliphatic carbocycles. The minimum absolute atomic E-state index is 0.0240. The fourth-order valence-corrected chi connectivity index (χ4v) is 2.58. The van der Waals surface area contributed by atoms with E-state index >= 15 is 0 Å². The zero-order chi connectivity index (χ0) is 17.5. The van der Waals surface area contributed by atoms with Gasteiger partial charge in [0.2, 0.25) is 5.91 Å². The molecule has 1 aromatic rings. The molecule has 128 valence electrons. The number of ether oxygens (including phenoxy) is 1. The number of thioether (sulfide) groups is 1.